The van der Waals surface area contributed by atoms with Crippen molar-refractivity contribution in [1.82, 2.24) is 0 Å². The summed E-state index contributed by atoms with van der Waals surface area (Å²) in [5, 5.41) is 7.80. The van der Waals surface area contributed by atoms with E-state index in [0.717, 1.165) is 17.0 Å². The first-order chi connectivity index (χ1) is 13.6. The maximum atomic E-state index is 13.7. The van der Waals surface area contributed by atoms with E-state index in [2.05, 4.69) is 16.0 Å². The van der Waals surface area contributed by atoms with E-state index in [0.29, 0.717) is 11.4 Å². The highest BCUT2D eigenvalue weighted by Crippen LogP contribution is 2.32. The van der Waals surface area contributed by atoms with Crippen LogP contribution in [-0.4, -0.2) is 29.3 Å². The molecule has 0 atom stereocenters. The molecule has 152 valence electrons. The van der Waals surface area contributed by atoms with Crippen molar-refractivity contribution in [3.8, 4) is 0 Å². The van der Waals surface area contributed by atoms with Gasteiger partial charge in [0, 0.05) is 10.5 Å². The predicted molar refractivity (Wildman–Crippen MR) is 110 cm³/mol. The largest absolute Gasteiger partial charge is 0.444 e. The van der Waals surface area contributed by atoms with Crippen LogP contribution < -0.4 is 16.0 Å². The molecule has 0 aliphatic carbocycles. The number of ether oxygens (including phenoxy) is 1. The molecule has 2 aromatic rings. The van der Waals surface area contributed by atoms with Crippen LogP contribution in [0.3, 0.4) is 0 Å². The molecular formula is C20H20FN3O4S. The van der Waals surface area contributed by atoms with Gasteiger partial charge in [-0.25, -0.2) is 9.18 Å². The first-order valence-electron chi connectivity index (χ1n) is 8.78. The fourth-order valence-electron chi connectivity index (χ4n) is 2.56. The second kappa shape index (κ2) is 8.12. The number of halogens is 1. The van der Waals surface area contributed by atoms with E-state index in [9.17, 15) is 18.8 Å². The van der Waals surface area contributed by atoms with Gasteiger partial charge < -0.3 is 15.4 Å². The molecule has 0 saturated heterocycles. The zero-order chi connectivity index (χ0) is 21.2. The molecule has 3 amide bonds. The zero-order valence-electron chi connectivity index (χ0n) is 16.1. The highest BCUT2D eigenvalue weighted by molar-refractivity contribution is 8.00. The Labute approximate surface area is 171 Å². The summed E-state index contributed by atoms with van der Waals surface area (Å²) in [6, 6.07) is 8.49. The van der Waals surface area contributed by atoms with Crippen molar-refractivity contribution in [2.75, 3.05) is 21.7 Å². The van der Waals surface area contributed by atoms with E-state index in [4.69, 9.17) is 4.74 Å². The third-order valence-electron chi connectivity index (χ3n) is 3.74. The minimum absolute atomic E-state index is 0.0805. The average molecular weight is 417 g/mol. The summed E-state index contributed by atoms with van der Waals surface area (Å²) in [6.07, 6.45) is -0.729. The molecule has 0 bridgehead atoms. The van der Waals surface area contributed by atoms with Crippen LogP contribution in [0.4, 0.5) is 26.2 Å². The van der Waals surface area contributed by atoms with Crippen molar-refractivity contribution in [3.63, 3.8) is 0 Å². The van der Waals surface area contributed by atoms with Crippen LogP contribution in [0.2, 0.25) is 0 Å². The molecular weight excluding hydrogens is 397 g/mol. The van der Waals surface area contributed by atoms with Crippen LogP contribution in [0.15, 0.2) is 41.3 Å². The van der Waals surface area contributed by atoms with Crippen molar-refractivity contribution >= 4 is 46.7 Å². The van der Waals surface area contributed by atoms with Crippen molar-refractivity contribution in [1.29, 1.82) is 0 Å². The molecule has 1 aliphatic rings. The van der Waals surface area contributed by atoms with Gasteiger partial charge in [0.05, 0.1) is 22.8 Å². The van der Waals surface area contributed by atoms with Crippen molar-refractivity contribution in [2.45, 2.75) is 31.3 Å². The Morgan fingerprint density at radius 3 is 2.59 bits per heavy atom. The Hall–Kier alpha value is -3.07. The third-order valence-corrected chi connectivity index (χ3v) is 4.81. The van der Waals surface area contributed by atoms with Crippen LogP contribution in [-0.2, 0) is 9.53 Å². The lowest BCUT2D eigenvalue weighted by Gasteiger charge is -2.20. The minimum atomic E-state index is -0.729. The van der Waals surface area contributed by atoms with Crippen molar-refractivity contribution < 1.29 is 23.5 Å². The number of amides is 3. The van der Waals surface area contributed by atoms with Crippen molar-refractivity contribution in [3.05, 3.63) is 47.8 Å². The number of carbonyl (C=O) groups is 3. The van der Waals surface area contributed by atoms with Crippen LogP contribution in [0.1, 0.15) is 31.1 Å². The first-order valence-corrected chi connectivity index (χ1v) is 9.77. The van der Waals surface area contributed by atoms with Gasteiger partial charge in [0.1, 0.15) is 11.4 Å². The topological polar surface area (TPSA) is 96.5 Å². The van der Waals surface area contributed by atoms with E-state index in [1.165, 1.54) is 17.8 Å². The number of rotatable bonds is 3. The van der Waals surface area contributed by atoms with Crippen LogP contribution in [0.25, 0.3) is 0 Å². The van der Waals surface area contributed by atoms with Gasteiger partial charge in [0.25, 0.3) is 5.91 Å². The summed E-state index contributed by atoms with van der Waals surface area (Å²) in [5.41, 5.74) is 0.385. The molecule has 1 aliphatic heterocycles. The lowest BCUT2D eigenvalue weighted by atomic mass is 10.1. The summed E-state index contributed by atoms with van der Waals surface area (Å²) in [7, 11) is 0. The molecule has 0 fully saturated rings. The monoisotopic (exact) mass is 417 g/mol. The molecule has 0 saturated carbocycles. The summed E-state index contributed by atoms with van der Waals surface area (Å²) >= 11 is 1.38. The molecule has 0 unspecified atom stereocenters. The van der Waals surface area contributed by atoms with Gasteiger partial charge in [-0.2, -0.15) is 0 Å². The van der Waals surface area contributed by atoms with Gasteiger partial charge in [-0.15, -0.1) is 11.8 Å². The molecule has 7 nitrogen and oxygen atoms in total. The Kier molecular flexibility index (Phi) is 5.78. The lowest BCUT2D eigenvalue weighted by Crippen LogP contribution is -2.27. The van der Waals surface area contributed by atoms with Crippen molar-refractivity contribution in [2.24, 2.45) is 0 Å². The Morgan fingerprint density at radius 2 is 1.86 bits per heavy atom. The standard InChI is InChI=1S/C20H20FN3O4S/c1-20(2,3)28-19(27)24-13-6-5-12(21)9-14(13)23-18(26)11-4-7-16-15(8-11)22-17(25)10-29-16/h4-9H,10H2,1-3H3,(H,22,25)(H,23,26)(H,24,27). The van der Waals surface area contributed by atoms with Gasteiger partial charge >= 0.3 is 6.09 Å². The van der Waals surface area contributed by atoms with Crippen LogP contribution in [0.5, 0.6) is 0 Å². The summed E-state index contributed by atoms with van der Waals surface area (Å²) < 4.78 is 18.9. The number of thioether (sulfide) groups is 1. The lowest BCUT2D eigenvalue weighted by molar-refractivity contribution is -0.113. The molecule has 9 heteroatoms. The smallest absolute Gasteiger partial charge is 0.412 e. The van der Waals surface area contributed by atoms with Gasteiger partial charge in [0.15, 0.2) is 0 Å². The van der Waals surface area contributed by atoms with Gasteiger partial charge in [0.2, 0.25) is 5.91 Å². The maximum absolute atomic E-state index is 13.7. The summed E-state index contributed by atoms with van der Waals surface area (Å²) in [4.78, 5) is 37.1. The molecule has 1 heterocycles. The van der Waals surface area contributed by atoms with E-state index < -0.39 is 23.4 Å². The average Bonchev–Trinajstić information content (AvgIpc) is 2.61. The molecule has 3 N–H and O–H groups in total. The summed E-state index contributed by atoms with van der Waals surface area (Å²) in [6.45, 7) is 5.15. The maximum Gasteiger partial charge on any atom is 0.412 e. The highest BCUT2D eigenvalue weighted by atomic mass is 32.2. The molecule has 29 heavy (non-hydrogen) atoms. The van der Waals surface area contributed by atoms with Crippen LogP contribution in [0, 0.1) is 5.82 Å². The molecule has 0 spiro atoms. The zero-order valence-corrected chi connectivity index (χ0v) is 16.9. The van der Waals surface area contributed by atoms with Crippen LogP contribution >= 0.6 is 11.8 Å². The first kappa shape index (κ1) is 20.7. The van der Waals surface area contributed by atoms with E-state index in [1.54, 1.807) is 39.0 Å². The SMILES string of the molecule is CC(C)(C)OC(=O)Nc1ccc(F)cc1NC(=O)c1ccc2c(c1)NC(=O)CS2. The van der Waals surface area contributed by atoms with Gasteiger partial charge in [-0.1, -0.05) is 0 Å². The Balaban J connectivity index is 1.80. The molecule has 2 aromatic carbocycles. The normalized spacial score (nSPS) is 13.2. The molecule has 3 rings (SSSR count). The third kappa shape index (κ3) is 5.47. The summed E-state index contributed by atoms with van der Waals surface area (Å²) in [5.74, 6) is -0.921. The number of benzene rings is 2. The molecule has 0 radical (unpaired) electrons. The van der Waals surface area contributed by atoms with E-state index in [1.807, 2.05) is 0 Å². The Bertz CT molecular complexity index is 988. The predicted octanol–water partition coefficient (Wildman–Crippen LogP) is 4.47. The number of hydrogen-bond donors (Lipinski definition) is 3. The van der Waals surface area contributed by atoms with E-state index >= 15 is 0 Å². The fourth-order valence-corrected chi connectivity index (χ4v) is 3.35. The second-order valence-corrected chi connectivity index (χ2v) is 8.34. The number of carbonyl (C=O) groups excluding carboxylic acids is 3. The number of fused-ring (bicyclic) bond motifs is 1. The quantitative estimate of drug-likeness (QED) is 0.685. The highest BCUT2D eigenvalue weighted by Gasteiger charge is 2.20. The second-order valence-electron chi connectivity index (χ2n) is 7.32. The van der Waals surface area contributed by atoms with Gasteiger partial charge in [-0.3, -0.25) is 14.9 Å². The molecule has 0 aromatic heterocycles. The van der Waals surface area contributed by atoms with E-state index in [-0.39, 0.29) is 22.8 Å². The number of hydrogen-bond acceptors (Lipinski definition) is 5. The number of nitrogens with one attached hydrogen (secondary N) is 3. The Morgan fingerprint density at radius 1 is 1.10 bits per heavy atom. The minimum Gasteiger partial charge on any atom is -0.444 e. The number of anilines is 3. The van der Waals surface area contributed by atoms with Gasteiger partial charge in [-0.05, 0) is 57.2 Å². The fraction of sp³-hybridized carbons (Fsp3) is 0.250.